The lowest BCUT2D eigenvalue weighted by Gasteiger charge is -2.33. The molecule has 1 aromatic rings. The first-order chi connectivity index (χ1) is 7.66. The van der Waals surface area contributed by atoms with Crippen LogP contribution in [0.4, 0.5) is 0 Å². The van der Waals surface area contributed by atoms with E-state index in [4.69, 9.17) is 11.6 Å². The van der Waals surface area contributed by atoms with Crippen molar-refractivity contribution in [2.45, 2.75) is 31.2 Å². The molecule has 1 aromatic carbocycles. The fraction of sp³-hybridized carbons (Fsp3) is 0.462. The Morgan fingerprint density at radius 2 is 2.00 bits per heavy atom. The van der Waals surface area contributed by atoms with Crippen LogP contribution in [0, 0.1) is 5.92 Å². The number of halogens is 1. The molecule has 16 heavy (non-hydrogen) atoms. The zero-order valence-electron chi connectivity index (χ0n) is 9.32. The summed E-state index contributed by atoms with van der Waals surface area (Å²) in [5, 5.41) is 2.40. The van der Waals surface area contributed by atoms with Gasteiger partial charge in [0.1, 0.15) is 5.38 Å². The Bertz CT molecular complexity index is 359. The minimum atomic E-state index is -0.572. The van der Waals surface area contributed by atoms with Crippen LogP contribution in [-0.4, -0.2) is 11.9 Å². The first-order valence-corrected chi connectivity index (χ1v) is 6.10. The number of benzene rings is 1. The summed E-state index contributed by atoms with van der Waals surface area (Å²) in [6.07, 6.45) is 2.15. The second-order valence-electron chi connectivity index (χ2n) is 4.56. The highest BCUT2D eigenvalue weighted by atomic mass is 35.5. The van der Waals surface area contributed by atoms with E-state index in [0.717, 1.165) is 24.3 Å². The van der Waals surface area contributed by atoms with Crippen LogP contribution in [0.2, 0.25) is 0 Å². The number of hydrogen-bond donors (Lipinski definition) is 1. The van der Waals surface area contributed by atoms with Crippen molar-refractivity contribution in [1.82, 2.24) is 5.32 Å². The number of amides is 1. The maximum absolute atomic E-state index is 11.8. The predicted molar refractivity (Wildman–Crippen MR) is 65.4 cm³/mol. The van der Waals surface area contributed by atoms with Crippen LogP contribution in [0.15, 0.2) is 30.3 Å². The van der Waals surface area contributed by atoms with E-state index in [1.807, 2.05) is 30.3 Å². The fourth-order valence-electron chi connectivity index (χ4n) is 2.07. The zero-order valence-corrected chi connectivity index (χ0v) is 10.1. The van der Waals surface area contributed by atoms with Crippen LogP contribution >= 0.6 is 11.6 Å². The summed E-state index contributed by atoms with van der Waals surface area (Å²) in [6.45, 7) is 2.19. The summed E-state index contributed by atoms with van der Waals surface area (Å²) in [7, 11) is 0. The van der Waals surface area contributed by atoms with E-state index in [2.05, 4.69) is 12.2 Å². The van der Waals surface area contributed by atoms with Crippen LogP contribution in [0.5, 0.6) is 0 Å². The standard InChI is InChI=1S/C13H16ClNO/c1-9-7-11(8-9)15-13(16)12(14)10-5-3-2-4-6-10/h2-6,9,11-12H,7-8H2,1H3,(H,15,16). The fourth-order valence-corrected chi connectivity index (χ4v) is 2.28. The summed E-state index contributed by atoms with van der Waals surface area (Å²) >= 11 is 6.11. The first-order valence-electron chi connectivity index (χ1n) is 5.66. The highest BCUT2D eigenvalue weighted by molar-refractivity contribution is 6.30. The van der Waals surface area contributed by atoms with Crippen LogP contribution in [0.25, 0.3) is 0 Å². The second-order valence-corrected chi connectivity index (χ2v) is 4.99. The first kappa shape index (κ1) is 11.5. The molecule has 1 amide bonds. The molecule has 1 N–H and O–H groups in total. The van der Waals surface area contributed by atoms with Gasteiger partial charge in [0.15, 0.2) is 0 Å². The normalized spacial score (nSPS) is 25.6. The van der Waals surface area contributed by atoms with Gasteiger partial charge in [0.25, 0.3) is 0 Å². The van der Waals surface area contributed by atoms with Gasteiger partial charge in [-0.1, -0.05) is 37.3 Å². The van der Waals surface area contributed by atoms with Crippen molar-refractivity contribution in [3.63, 3.8) is 0 Å². The van der Waals surface area contributed by atoms with E-state index in [-0.39, 0.29) is 5.91 Å². The average molecular weight is 238 g/mol. The average Bonchev–Trinajstić information content (AvgIpc) is 2.27. The molecule has 1 fully saturated rings. The maximum Gasteiger partial charge on any atom is 0.242 e. The number of hydrogen-bond acceptors (Lipinski definition) is 1. The summed E-state index contributed by atoms with van der Waals surface area (Å²) in [5.41, 5.74) is 0.856. The van der Waals surface area contributed by atoms with Crippen molar-refractivity contribution in [1.29, 1.82) is 0 Å². The van der Waals surface area contributed by atoms with Crippen molar-refractivity contribution < 1.29 is 4.79 Å². The van der Waals surface area contributed by atoms with Crippen LogP contribution in [0.3, 0.4) is 0 Å². The van der Waals surface area contributed by atoms with Gasteiger partial charge < -0.3 is 5.32 Å². The minimum absolute atomic E-state index is 0.0789. The largest absolute Gasteiger partial charge is 0.352 e. The smallest absolute Gasteiger partial charge is 0.242 e. The van der Waals surface area contributed by atoms with E-state index in [0.29, 0.717) is 6.04 Å². The van der Waals surface area contributed by atoms with Gasteiger partial charge in [-0.2, -0.15) is 0 Å². The lowest BCUT2D eigenvalue weighted by Crippen LogP contribution is -2.44. The lowest BCUT2D eigenvalue weighted by atomic mass is 9.82. The molecule has 2 nitrogen and oxygen atoms in total. The molecule has 2 rings (SSSR count). The minimum Gasteiger partial charge on any atom is -0.352 e. The molecule has 1 unspecified atom stereocenters. The van der Waals surface area contributed by atoms with E-state index in [1.165, 1.54) is 0 Å². The SMILES string of the molecule is CC1CC(NC(=O)C(Cl)c2ccccc2)C1. The number of rotatable bonds is 3. The third-order valence-electron chi connectivity index (χ3n) is 3.04. The van der Waals surface area contributed by atoms with E-state index < -0.39 is 5.38 Å². The highest BCUT2D eigenvalue weighted by Crippen LogP contribution is 2.28. The zero-order chi connectivity index (χ0) is 11.5. The number of carbonyl (C=O) groups is 1. The van der Waals surface area contributed by atoms with E-state index >= 15 is 0 Å². The molecule has 1 atom stereocenters. The Morgan fingerprint density at radius 3 is 2.56 bits per heavy atom. The van der Waals surface area contributed by atoms with E-state index in [1.54, 1.807) is 0 Å². The maximum atomic E-state index is 11.8. The highest BCUT2D eigenvalue weighted by Gasteiger charge is 2.28. The van der Waals surface area contributed by atoms with Crippen molar-refractivity contribution >= 4 is 17.5 Å². The summed E-state index contributed by atoms with van der Waals surface area (Å²) in [4.78, 5) is 11.8. The van der Waals surface area contributed by atoms with Gasteiger partial charge in [-0.15, -0.1) is 11.6 Å². The molecule has 86 valence electrons. The Balaban J connectivity index is 1.90. The number of carbonyl (C=O) groups excluding carboxylic acids is 1. The summed E-state index contributed by atoms with van der Waals surface area (Å²) < 4.78 is 0. The molecule has 1 aliphatic rings. The van der Waals surface area contributed by atoms with Gasteiger partial charge in [0, 0.05) is 6.04 Å². The summed E-state index contributed by atoms with van der Waals surface area (Å²) in [5.74, 6) is 0.653. The lowest BCUT2D eigenvalue weighted by molar-refractivity contribution is -0.122. The molecule has 0 aliphatic heterocycles. The molecule has 0 saturated heterocycles. The van der Waals surface area contributed by atoms with Gasteiger partial charge in [-0.3, -0.25) is 4.79 Å². The van der Waals surface area contributed by atoms with Crippen LogP contribution < -0.4 is 5.32 Å². The molecule has 3 heteroatoms. The van der Waals surface area contributed by atoms with Crippen molar-refractivity contribution in [3.8, 4) is 0 Å². The Hall–Kier alpha value is -1.02. The third-order valence-corrected chi connectivity index (χ3v) is 3.49. The monoisotopic (exact) mass is 237 g/mol. The van der Waals surface area contributed by atoms with Crippen molar-refractivity contribution in [3.05, 3.63) is 35.9 Å². The molecular weight excluding hydrogens is 222 g/mol. The molecule has 0 aromatic heterocycles. The second kappa shape index (κ2) is 4.88. The third kappa shape index (κ3) is 2.56. The van der Waals surface area contributed by atoms with Crippen LogP contribution in [0.1, 0.15) is 30.7 Å². The van der Waals surface area contributed by atoms with Gasteiger partial charge in [-0.25, -0.2) is 0 Å². The number of nitrogens with one attached hydrogen (secondary N) is 1. The topological polar surface area (TPSA) is 29.1 Å². The van der Waals surface area contributed by atoms with E-state index in [9.17, 15) is 4.79 Å². The van der Waals surface area contributed by atoms with Gasteiger partial charge >= 0.3 is 0 Å². The number of alkyl halides is 1. The molecule has 0 spiro atoms. The van der Waals surface area contributed by atoms with Gasteiger partial charge in [-0.05, 0) is 24.3 Å². The van der Waals surface area contributed by atoms with Crippen molar-refractivity contribution in [2.24, 2.45) is 5.92 Å². The summed E-state index contributed by atoms with van der Waals surface area (Å²) in [6, 6.07) is 9.78. The molecule has 0 radical (unpaired) electrons. The Morgan fingerprint density at radius 1 is 1.38 bits per heavy atom. The molecular formula is C13H16ClNO. The molecule has 0 bridgehead atoms. The van der Waals surface area contributed by atoms with Gasteiger partial charge in [0.2, 0.25) is 5.91 Å². The molecule has 1 aliphatic carbocycles. The van der Waals surface area contributed by atoms with Gasteiger partial charge in [0.05, 0.1) is 0 Å². The quantitative estimate of drug-likeness (QED) is 0.805. The predicted octanol–water partition coefficient (Wildman–Crippen LogP) is 2.88. The molecule has 1 saturated carbocycles. The van der Waals surface area contributed by atoms with Crippen LogP contribution in [-0.2, 0) is 4.79 Å². The molecule has 0 heterocycles. The Labute approximate surface area is 101 Å². The van der Waals surface area contributed by atoms with Crippen molar-refractivity contribution in [2.75, 3.05) is 0 Å². The Kier molecular flexibility index (Phi) is 3.49.